The van der Waals surface area contributed by atoms with Gasteiger partial charge in [0, 0.05) is 49.6 Å². The van der Waals surface area contributed by atoms with E-state index in [9.17, 15) is 0 Å². The van der Waals surface area contributed by atoms with Gasteiger partial charge >= 0.3 is 0 Å². The van der Waals surface area contributed by atoms with Crippen LogP contribution >= 0.6 is 0 Å². The largest absolute Gasteiger partial charge is 0.115 e. The van der Waals surface area contributed by atoms with Gasteiger partial charge in [-0.15, -0.1) is 38.5 Å². The molecule has 7 rings (SSSR count). The summed E-state index contributed by atoms with van der Waals surface area (Å²) in [6.45, 7) is 13.9. The minimum absolute atomic E-state index is 0.317. The normalized spacial score (nSPS) is 14.7. The number of fused-ring (bicyclic) bond motifs is 12. The Bertz CT molecular complexity index is 2370. The smallest absolute Gasteiger partial charge is 0.0405 e. The molecule has 0 spiro atoms. The summed E-state index contributed by atoms with van der Waals surface area (Å²) >= 11 is 0. The van der Waals surface area contributed by atoms with Crippen LogP contribution in [-0.4, -0.2) is 0 Å². The molecule has 0 saturated carbocycles. The van der Waals surface area contributed by atoms with Crippen LogP contribution in [0.4, 0.5) is 0 Å². The van der Waals surface area contributed by atoms with Crippen LogP contribution in [0.2, 0.25) is 0 Å². The summed E-state index contributed by atoms with van der Waals surface area (Å²) in [5.74, 6) is 18.3. The monoisotopic (exact) mass is 823 g/mol. The lowest BCUT2D eigenvalue weighted by Gasteiger charge is -2.39. The summed E-state index contributed by atoms with van der Waals surface area (Å²) in [4.78, 5) is 0. The van der Waals surface area contributed by atoms with E-state index in [0.717, 1.165) is 149 Å². The highest BCUT2D eigenvalue weighted by Gasteiger charge is 2.58. The van der Waals surface area contributed by atoms with E-state index in [-0.39, 0.29) is 16.2 Å². The van der Waals surface area contributed by atoms with E-state index in [1.54, 1.807) is 0 Å². The lowest BCUT2D eigenvalue weighted by atomic mass is 9.63. The molecule has 318 valence electrons. The molecular formula is C63H66. The summed E-state index contributed by atoms with van der Waals surface area (Å²) < 4.78 is 0. The summed E-state index contributed by atoms with van der Waals surface area (Å²) in [6.07, 6.45) is 57.5. The molecule has 4 aromatic rings. The van der Waals surface area contributed by atoms with Crippen LogP contribution in [0.1, 0.15) is 224 Å². The molecule has 0 nitrogen and oxygen atoms in total. The molecular weight excluding hydrogens is 757 g/mol. The zero-order valence-electron chi connectivity index (χ0n) is 39.2. The maximum absolute atomic E-state index is 6.42. The van der Waals surface area contributed by atoms with Crippen molar-refractivity contribution in [2.75, 3.05) is 0 Å². The molecule has 3 aliphatic carbocycles. The third-order valence-electron chi connectivity index (χ3n) is 15.4. The predicted molar refractivity (Wildman–Crippen MR) is 270 cm³/mol. The lowest BCUT2D eigenvalue weighted by molar-refractivity contribution is 0.401. The minimum Gasteiger partial charge on any atom is -0.115 e. The van der Waals surface area contributed by atoms with Crippen LogP contribution in [-0.2, 0) is 16.2 Å². The zero-order chi connectivity index (χ0) is 45.1. The van der Waals surface area contributed by atoms with Crippen LogP contribution < -0.4 is 0 Å². The van der Waals surface area contributed by atoms with Crippen molar-refractivity contribution in [2.45, 2.75) is 173 Å². The van der Waals surface area contributed by atoms with Crippen molar-refractivity contribution < 1.29 is 0 Å². The van der Waals surface area contributed by atoms with Crippen molar-refractivity contribution in [2.24, 2.45) is 0 Å². The maximum atomic E-state index is 6.42. The molecule has 0 bridgehead atoms. The Hall–Kier alpha value is -5.76. The van der Waals surface area contributed by atoms with Crippen molar-refractivity contribution in [1.82, 2.24) is 0 Å². The number of terminal acetylenes is 6. The Labute approximate surface area is 382 Å². The summed E-state index contributed by atoms with van der Waals surface area (Å²) in [7, 11) is 0. The average molecular weight is 823 g/mol. The summed E-state index contributed by atoms with van der Waals surface area (Å²) in [5.41, 5.74) is 20.1. The van der Waals surface area contributed by atoms with E-state index in [1.807, 2.05) is 0 Å². The van der Waals surface area contributed by atoms with Gasteiger partial charge in [-0.25, -0.2) is 0 Å². The van der Waals surface area contributed by atoms with Gasteiger partial charge in [0.05, 0.1) is 0 Å². The van der Waals surface area contributed by atoms with Gasteiger partial charge in [-0.1, -0.05) is 154 Å². The number of hydrogen-bond donors (Lipinski definition) is 0. The van der Waals surface area contributed by atoms with Crippen molar-refractivity contribution in [3.8, 4) is 107 Å². The molecule has 0 radical (unpaired) electrons. The fourth-order valence-corrected chi connectivity index (χ4v) is 12.5. The van der Waals surface area contributed by atoms with Crippen LogP contribution in [0.15, 0.2) is 36.4 Å². The highest BCUT2D eigenvalue weighted by molar-refractivity contribution is 6.06. The van der Waals surface area contributed by atoms with E-state index in [1.165, 1.54) is 66.8 Å². The molecule has 0 unspecified atom stereocenters. The first-order valence-corrected chi connectivity index (χ1v) is 24.3. The van der Waals surface area contributed by atoms with Gasteiger partial charge in [0.25, 0.3) is 0 Å². The fourth-order valence-electron chi connectivity index (χ4n) is 12.5. The van der Waals surface area contributed by atoms with Crippen LogP contribution in [0.25, 0.3) is 33.4 Å². The highest BCUT2D eigenvalue weighted by Crippen LogP contribution is 2.71. The van der Waals surface area contributed by atoms with Gasteiger partial charge in [-0.05, 0) is 142 Å². The van der Waals surface area contributed by atoms with E-state index in [4.69, 9.17) is 38.5 Å². The van der Waals surface area contributed by atoms with Gasteiger partial charge in [-0.3, -0.25) is 0 Å². The molecule has 0 N–H and O–H groups in total. The molecule has 0 heterocycles. The number of rotatable bonds is 18. The van der Waals surface area contributed by atoms with Crippen molar-refractivity contribution in [1.29, 1.82) is 0 Å². The van der Waals surface area contributed by atoms with Crippen LogP contribution in [0, 0.1) is 74.1 Å². The molecule has 3 aliphatic rings. The second kappa shape index (κ2) is 18.5. The molecule has 0 aromatic heterocycles. The number of hydrogen-bond acceptors (Lipinski definition) is 0. The third-order valence-corrected chi connectivity index (χ3v) is 15.4. The van der Waals surface area contributed by atoms with Gasteiger partial charge in [0.2, 0.25) is 0 Å². The fraction of sp³-hybridized carbons (Fsp3) is 0.429. The van der Waals surface area contributed by atoms with E-state index in [0.29, 0.717) is 0 Å². The zero-order valence-corrected chi connectivity index (χ0v) is 39.2. The first kappa shape index (κ1) is 45.3. The third kappa shape index (κ3) is 6.78. The van der Waals surface area contributed by atoms with Gasteiger partial charge in [0.1, 0.15) is 0 Å². The molecule has 4 aromatic carbocycles. The van der Waals surface area contributed by atoms with Crippen LogP contribution in [0.3, 0.4) is 0 Å². The van der Waals surface area contributed by atoms with Crippen molar-refractivity contribution in [3.63, 3.8) is 0 Å². The molecule has 0 saturated heterocycles. The van der Waals surface area contributed by atoms with E-state index in [2.05, 4.69) is 113 Å². The van der Waals surface area contributed by atoms with Crippen molar-refractivity contribution >= 4 is 0 Å². The maximum Gasteiger partial charge on any atom is 0.0405 e. The number of unbranched alkanes of at least 4 members (excludes halogenated alkanes) is 6. The number of benzene rings is 4. The van der Waals surface area contributed by atoms with Gasteiger partial charge in [0.15, 0.2) is 0 Å². The minimum atomic E-state index is -0.317. The standard InChI is InChI=1S/C63H66/c1-13-25-31-61(32-26-14-2)52-40-46(22-10)43(19-7)37-49(52)55-58(61)56-50-38-44(20-8)47(23-11)41-53(50)62(33-27-15-3,34-28-16-4)60(56)57-51-39-45(21-9)48(24-12)42-54(51)63(59(55)57,35-29-17-5)36-30-18-6/h7-12,37-42H,13-18,25-36H2,1-6H3. The van der Waals surface area contributed by atoms with Gasteiger partial charge in [-0.2, -0.15) is 0 Å². The molecule has 0 amide bonds. The predicted octanol–water partition coefficient (Wildman–Crippen LogP) is 15.5. The molecule has 0 atom stereocenters. The Morgan fingerprint density at radius 3 is 0.683 bits per heavy atom. The quantitative estimate of drug-likeness (QED) is 0.0877. The van der Waals surface area contributed by atoms with Gasteiger partial charge < -0.3 is 0 Å². The van der Waals surface area contributed by atoms with E-state index < -0.39 is 0 Å². The SMILES string of the molecule is C#Cc1cc2c(cc1C#C)C(CCCC)(CCCC)c1c-2c2c(c3c1-c1cc(C#C)c(C#C)cc1C3(CCCC)CCCC)-c1cc(C#C)c(C#C)cc1C2(CCCC)CCCC. The average Bonchev–Trinajstić information content (AvgIpc) is 3.86. The molecule has 0 heteroatoms. The molecule has 63 heavy (non-hydrogen) atoms. The summed E-state index contributed by atoms with van der Waals surface area (Å²) in [6, 6.07) is 13.9. The lowest BCUT2D eigenvalue weighted by Crippen LogP contribution is -2.31. The highest BCUT2D eigenvalue weighted by atomic mass is 14.6. The van der Waals surface area contributed by atoms with Crippen LogP contribution in [0.5, 0.6) is 0 Å². The molecule has 0 aliphatic heterocycles. The Morgan fingerprint density at radius 1 is 0.317 bits per heavy atom. The van der Waals surface area contributed by atoms with E-state index >= 15 is 0 Å². The Balaban J connectivity index is 1.89. The first-order valence-electron chi connectivity index (χ1n) is 24.3. The Morgan fingerprint density at radius 2 is 0.508 bits per heavy atom. The van der Waals surface area contributed by atoms with Crippen molar-refractivity contribution in [3.05, 3.63) is 103 Å². The first-order chi connectivity index (χ1) is 30.7. The summed E-state index contributed by atoms with van der Waals surface area (Å²) in [5, 5.41) is 0. The molecule has 0 fully saturated rings. The Kier molecular flexibility index (Phi) is 13.3. The second-order valence-electron chi connectivity index (χ2n) is 18.8. The topological polar surface area (TPSA) is 0 Å². The second-order valence-corrected chi connectivity index (χ2v) is 18.8.